The third kappa shape index (κ3) is 2.05. The summed E-state index contributed by atoms with van der Waals surface area (Å²) in [6.07, 6.45) is 0.116. The lowest BCUT2D eigenvalue weighted by molar-refractivity contribution is 0.362. The highest BCUT2D eigenvalue weighted by Crippen LogP contribution is 2.37. The molecular weight excluding hydrogens is 205 g/mol. The average Bonchev–Trinajstić information content (AvgIpc) is 2.81. The molecule has 3 heteroatoms. The maximum Gasteiger partial charge on any atom is 0.123 e. The zero-order valence-corrected chi connectivity index (χ0v) is 9.79. The number of halogens is 1. The largest absolute Gasteiger partial charge is 0.496 e. The predicted octanol–water partition coefficient (Wildman–Crippen LogP) is 2.80. The summed E-state index contributed by atoms with van der Waals surface area (Å²) in [5, 5.41) is 3.31. The van der Waals surface area contributed by atoms with Crippen molar-refractivity contribution in [1.29, 1.82) is 0 Å². The van der Waals surface area contributed by atoms with Gasteiger partial charge in [0.1, 0.15) is 11.9 Å². The molecule has 0 saturated carbocycles. The van der Waals surface area contributed by atoms with Crippen LogP contribution in [0.2, 0.25) is 0 Å². The quantitative estimate of drug-likeness (QED) is 0.850. The molecule has 1 aliphatic heterocycles. The first kappa shape index (κ1) is 11.4. The molecule has 0 aliphatic carbocycles. The van der Waals surface area contributed by atoms with E-state index >= 15 is 0 Å². The van der Waals surface area contributed by atoms with Gasteiger partial charge in [-0.25, -0.2) is 4.39 Å². The number of rotatable bonds is 3. The van der Waals surface area contributed by atoms with Gasteiger partial charge >= 0.3 is 0 Å². The fourth-order valence-electron chi connectivity index (χ4n) is 2.42. The Bertz CT molecular complexity index is 359. The Morgan fingerprint density at radius 1 is 1.50 bits per heavy atom. The van der Waals surface area contributed by atoms with Crippen molar-refractivity contribution in [3.63, 3.8) is 0 Å². The van der Waals surface area contributed by atoms with Crippen LogP contribution in [0, 0.1) is 0 Å². The van der Waals surface area contributed by atoms with Crippen LogP contribution in [0.25, 0.3) is 0 Å². The molecule has 1 aromatic rings. The summed E-state index contributed by atoms with van der Waals surface area (Å²) in [7, 11) is 1.65. The first-order valence-corrected chi connectivity index (χ1v) is 5.75. The molecule has 1 heterocycles. The fraction of sp³-hybridized carbons (Fsp3) is 0.538. The van der Waals surface area contributed by atoms with E-state index in [1.165, 1.54) is 0 Å². The van der Waals surface area contributed by atoms with Crippen molar-refractivity contribution in [2.24, 2.45) is 0 Å². The van der Waals surface area contributed by atoms with E-state index in [-0.39, 0.29) is 0 Å². The van der Waals surface area contributed by atoms with E-state index in [0.717, 1.165) is 36.4 Å². The van der Waals surface area contributed by atoms with Crippen molar-refractivity contribution < 1.29 is 9.13 Å². The molecule has 1 aromatic carbocycles. The summed E-state index contributed by atoms with van der Waals surface area (Å²) in [4.78, 5) is 0. The van der Waals surface area contributed by atoms with Gasteiger partial charge in [0.2, 0.25) is 0 Å². The third-order valence-corrected chi connectivity index (χ3v) is 3.22. The van der Waals surface area contributed by atoms with Gasteiger partial charge in [-0.3, -0.25) is 0 Å². The molecule has 0 aromatic heterocycles. The van der Waals surface area contributed by atoms with Crippen LogP contribution in [-0.4, -0.2) is 20.2 Å². The molecular formula is C13H18FNO. The maximum atomic E-state index is 13.6. The minimum atomic E-state index is -0.939. The molecule has 2 rings (SSSR count). The first-order chi connectivity index (χ1) is 7.74. The summed E-state index contributed by atoms with van der Waals surface area (Å²) in [5.41, 5.74) is 1.82. The van der Waals surface area contributed by atoms with Gasteiger partial charge in [-0.1, -0.05) is 12.1 Å². The summed E-state index contributed by atoms with van der Waals surface area (Å²) < 4.78 is 18.9. The minimum Gasteiger partial charge on any atom is -0.496 e. The smallest absolute Gasteiger partial charge is 0.123 e. The summed E-state index contributed by atoms with van der Waals surface area (Å²) >= 11 is 0. The highest BCUT2D eigenvalue weighted by atomic mass is 19.1. The molecule has 2 atom stereocenters. The van der Waals surface area contributed by atoms with Crippen molar-refractivity contribution >= 4 is 0 Å². The van der Waals surface area contributed by atoms with Crippen LogP contribution < -0.4 is 10.1 Å². The standard InChI is InChI=1S/C13H18FNO/c1-9(14)11-4-3-5-12(16-2)13(11)10-6-7-15-8-10/h3-5,9-10,15H,6-8H2,1-2H3. The lowest BCUT2D eigenvalue weighted by atomic mass is 9.91. The maximum absolute atomic E-state index is 13.6. The number of hydrogen-bond donors (Lipinski definition) is 1. The molecule has 16 heavy (non-hydrogen) atoms. The zero-order chi connectivity index (χ0) is 11.5. The Morgan fingerprint density at radius 2 is 2.31 bits per heavy atom. The van der Waals surface area contributed by atoms with Crippen LogP contribution in [-0.2, 0) is 0 Å². The Kier molecular flexibility index (Phi) is 3.44. The molecule has 1 aliphatic rings. The predicted molar refractivity (Wildman–Crippen MR) is 62.7 cm³/mol. The van der Waals surface area contributed by atoms with Gasteiger partial charge in [-0.15, -0.1) is 0 Å². The van der Waals surface area contributed by atoms with Gasteiger partial charge in [-0.2, -0.15) is 0 Å². The van der Waals surface area contributed by atoms with Crippen LogP contribution >= 0.6 is 0 Å². The molecule has 0 bridgehead atoms. The first-order valence-electron chi connectivity index (χ1n) is 5.75. The minimum absolute atomic E-state index is 0.379. The fourth-order valence-corrected chi connectivity index (χ4v) is 2.42. The van der Waals surface area contributed by atoms with E-state index in [1.807, 2.05) is 18.2 Å². The van der Waals surface area contributed by atoms with Gasteiger partial charge in [0.25, 0.3) is 0 Å². The zero-order valence-electron chi connectivity index (χ0n) is 9.79. The van der Waals surface area contributed by atoms with Gasteiger partial charge in [-0.05, 0) is 31.5 Å². The van der Waals surface area contributed by atoms with E-state index in [9.17, 15) is 4.39 Å². The van der Waals surface area contributed by atoms with Crippen LogP contribution in [0.5, 0.6) is 5.75 Å². The Hall–Kier alpha value is -1.09. The second kappa shape index (κ2) is 4.83. The second-order valence-corrected chi connectivity index (χ2v) is 4.27. The Balaban J connectivity index is 2.44. The van der Waals surface area contributed by atoms with Gasteiger partial charge in [0, 0.05) is 18.0 Å². The molecule has 0 spiro atoms. The van der Waals surface area contributed by atoms with E-state index in [4.69, 9.17) is 4.74 Å². The Morgan fingerprint density at radius 3 is 2.88 bits per heavy atom. The molecule has 1 fully saturated rings. The molecule has 0 amide bonds. The molecule has 2 nitrogen and oxygen atoms in total. The molecule has 2 unspecified atom stereocenters. The highest BCUT2D eigenvalue weighted by molar-refractivity contribution is 5.44. The van der Waals surface area contributed by atoms with E-state index in [2.05, 4.69) is 5.32 Å². The highest BCUT2D eigenvalue weighted by Gasteiger charge is 2.24. The lowest BCUT2D eigenvalue weighted by Gasteiger charge is -2.19. The van der Waals surface area contributed by atoms with Crippen LogP contribution in [0.1, 0.15) is 36.6 Å². The number of benzene rings is 1. The summed E-state index contributed by atoms with van der Waals surface area (Å²) in [6, 6.07) is 5.64. The molecule has 88 valence electrons. The van der Waals surface area contributed by atoms with Crippen LogP contribution in [0.3, 0.4) is 0 Å². The van der Waals surface area contributed by atoms with Crippen molar-refractivity contribution in [2.75, 3.05) is 20.2 Å². The monoisotopic (exact) mass is 223 g/mol. The van der Waals surface area contributed by atoms with E-state index < -0.39 is 6.17 Å². The molecule has 1 saturated heterocycles. The van der Waals surface area contributed by atoms with Crippen molar-refractivity contribution in [3.8, 4) is 5.75 Å². The number of methoxy groups -OCH3 is 1. The average molecular weight is 223 g/mol. The SMILES string of the molecule is COc1cccc(C(C)F)c1C1CCNC1. The summed E-state index contributed by atoms with van der Waals surface area (Å²) in [5.74, 6) is 1.19. The van der Waals surface area contributed by atoms with Gasteiger partial charge < -0.3 is 10.1 Å². The number of hydrogen-bond acceptors (Lipinski definition) is 2. The van der Waals surface area contributed by atoms with E-state index in [1.54, 1.807) is 14.0 Å². The normalized spacial score (nSPS) is 22.1. The number of alkyl halides is 1. The van der Waals surface area contributed by atoms with Crippen molar-refractivity contribution in [3.05, 3.63) is 29.3 Å². The van der Waals surface area contributed by atoms with Gasteiger partial charge in [0.15, 0.2) is 0 Å². The Labute approximate surface area is 95.8 Å². The number of ether oxygens (including phenoxy) is 1. The van der Waals surface area contributed by atoms with Crippen LogP contribution in [0.4, 0.5) is 4.39 Å². The molecule has 0 radical (unpaired) electrons. The van der Waals surface area contributed by atoms with Gasteiger partial charge in [0.05, 0.1) is 7.11 Å². The van der Waals surface area contributed by atoms with Crippen molar-refractivity contribution in [2.45, 2.75) is 25.4 Å². The van der Waals surface area contributed by atoms with E-state index in [0.29, 0.717) is 5.92 Å². The van der Waals surface area contributed by atoms with Crippen molar-refractivity contribution in [1.82, 2.24) is 5.32 Å². The third-order valence-electron chi connectivity index (χ3n) is 3.22. The van der Waals surface area contributed by atoms with Crippen LogP contribution in [0.15, 0.2) is 18.2 Å². The topological polar surface area (TPSA) is 21.3 Å². The molecule has 1 N–H and O–H groups in total. The number of nitrogens with one attached hydrogen (secondary N) is 1. The summed E-state index contributed by atoms with van der Waals surface area (Å²) in [6.45, 7) is 3.50. The lowest BCUT2D eigenvalue weighted by Crippen LogP contribution is -2.10. The second-order valence-electron chi connectivity index (χ2n) is 4.27.